The second-order valence-electron chi connectivity index (χ2n) is 5.18. The molecule has 1 rings (SSSR count). The first-order valence-corrected chi connectivity index (χ1v) is 5.66. The number of nitrogens with one attached hydrogen (secondary N) is 1. The molecule has 1 N–H and O–H groups in total. The molecule has 0 saturated heterocycles. The van der Waals surface area contributed by atoms with Gasteiger partial charge in [0.05, 0.1) is 11.4 Å². The zero-order valence-corrected chi connectivity index (χ0v) is 11.4. The van der Waals surface area contributed by atoms with Gasteiger partial charge in [0.25, 0.3) is 0 Å². The first kappa shape index (κ1) is 14.3. The van der Waals surface area contributed by atoms with Crippen molar-refractivity contribution in [3.63, 3.8) is 0 Å². The number of carbonyl (C=O) groups is 1. The number of amides is 1. The molecule has 1 amide bonds. The third-order valence-corrected chi connectivity index (χ3v) is 2.08. The van der Waals surface area contributed by atoms with Crippen LogP contribution < -0.4 is 10.2 Å². The van der Waals surface area contributed by atoms with Gasteiger partial charge in [0.1, 0.15) is 11.4 Å². The summed E-state index contributed by atoms with van der Waals surface area (Å²) < 4.78 is 18.3. The molecule has 1 aromatic carbocycles. The second kappa shape index (κ2) is 5.25. The average Bonchev–Trinajstić information content (AvgIpc) is 2.13. The molecule has 0 aliphatic rings. The summed E-state index contributed by atoms with van der Waals surface area (Å²) >= 11 is 0. The molecular weight excluding hydrogens is 235 g/mol. The first-order valence-electron chi connectivity index (χ1n) is 5.66. The Bertz CT molecular complexity index is 439. The Hall–Kier alpha value is -1.78. The van der Waals surface area contributed by atoms with Crippen LogP contribution in [0, 0.1) is 5.82 Å². The maximum atomic E-state index is 13.2. The quantitative estimate of drug-likeness (QED) is 0.881. The lowest BCUT2D eigenvalue weighted by molar-refractivity contribution is 0.0636. The number of hydrogen-bond donors (Lipinski definition) is 1. The van der Waals surface area contributed by atoms with E-state index in [4.69, 9.17) is 4.74 Å². The van der Waals surface area contributed by atoms with Crippen molar-refractivity contribution in [1.82, 2.24) is 0 Å². The molecule has 5 heteroatoms. The van der Waals surface area contributed by atoms with E-state index in [1.165, 1.54) is 12.1 Å². The van der Waals surface area contributed by atoms with Crippen LogP contribution >= 0.6 is 0 Å². The van der Waals surface area contributed by atoms with Crippen LogP contribution in [0.1, 0.15) is 20.8 Å². The maximum Gasteiger partial charge on any atom is 0.412 e. The van der Waals surface area contributed by atoms with Crippen LogP contribution in [0.3, 0.4) is 0 Å². The molecule has 0 spiro atoms. The maximum absolute atomic E-state index is 13.2. The highest BCUT2D eigenvalue weighted by molar-refractivity contribution is 5.89. The number of ether oxygens (including phenoxy) is 1. The summed E-state index contributed by atoms with van der Waals surface area (Å²) in [4.78, 5) is 13.4. The molecular formula is C13H19FN2O2. The molecule has 0 atom stereocenters. The molecule has 0 unspecified atom stereocenters. The summed E-state index contributed by atoms with van der Waals surface area (Å²) in [7, 11) is 3.63. The van der Waals surface area contributed by atoms with E-state index in [1.807, 2.05) is 14.1 Å². The van der Waals surface area contributed by atoms with Gasteiger partial charge in [0.15, 0.2) is 0 Å². The third kappa shape index (κ3) is 4.24. The molecule has 18 heavy (non-hydrogen) atoms. The monoisotopic (exact) mass is 254 g/mol. The van der Waals surface area contributed by atoms with Gasteiger partial charge in [-0.05, 0) is 39.0 Å². The molecule has 0 aliphatic carbocycles. The Kier molecular flexibility index (Phi) is 4.16. The predicted molar refractivity (Wildman–Crippen MR) is 70.6 cm³/mol. The normalized spacial score (nSPS) is 11.0. The van der Waals surface area contributed by atoms with Gasteiger partial charge in [-0.2, -0.15) is 0 Å². The van der Waals surface area contributed by atoms with E-state index >= 15 is 0 Å². The van der Waals surface area contributed by atoms with Crippen LogP contribution in [0.15, 0.2) is 18.2 Å². The fourth-order valence-corrected chi connectivity index (χ4v) is 1.41. The van der Waals surface area contributed by atoms with Crippen LogP contribution in [0.5, 0.6) is 0 Å². The van der Waals surface area contributed by atoms with Crippen molar-refractivity contribution in [3.8, 4) is 0 Å². The topological polar surface area (TPSA) is 41.6 Å². The van der Waals surface area contributed by atoms with Gasteiger partial charge in [-0.3, -0.25) is 5.32 Å². The van der Waals surface area contributed by atoms with E-state index in [9.17, 15) is 9.18 Å². The number of hydrogen-bond acceptors (Lipinski definition) is 3. The molecule has 0 aliphatic heterocycles. The molecule has 0 bridgehead atoms. The zero-order valence-electron chi connectivity index (χ0n) is 11.4. The van der Waals surface area contributed by atoms with Gasteiger partial charge in [0, 0.05) is 14.1 Å². The number of anilines is 2. The van der Waals surface area contributed by atoms with Crippen LogP contribution in [0.25, 0.3) is 0 Å². The molecule has 0 aromatic heterocycles. The standard InChI is InChI=1S/C13H19FN2O2/c1-13(2,3)18-12(17)15-10-8-9(14)6-7-11(10)16(4)5/h6-8H,1-5H3,(H,15,17). The van der Waals surface area contributed by atoms with E-state index in [-0.39, 0.29) is 0 Å². The molecule has 0 fully saturated rings. The Morgan fingerprint density at radius 3 is 2.44 bits per heavy atom. The minimum atomic E-state index is -0.601. The van der Waals surface area contributed by atoms with Crippen LogP contribution in [0.2, 0.25) is 0 Å². The van der Waals surface area contributed by atoms with Crippen molar-refractivity contribution in [3.05, 3.63) is 24.0 Å². The number of nitrogens with zero attached hydrogens (tertiary/aromatic N) is 1. The predicted octanol–water partition coefficient (Wildman–Crippen LogP) is 3.24. The highest BCUT2D eigenvalue weighted by atomic mass is 19.1. The van der Waals surface area contributed by atoms with Gasteiger partial charge in [-0.25, -0.2) is 9.18 Å². The van der Waals surface area contributed by atoms with Crippen molar-refractivity contribution in [2.45, 2.75) is 26.4 Å². The van der Waals surface area contributed by atoms with Crippen molar-refractivity contribution in [1.29, 1.82) is 0 Å². The summed E-state index contributed by atoms with van der Waals surface area (Å²) in [6.45, 7) is 5.31. The fraction of sp³-hybridized carbons (Fsp3) is 0.462. The smallest absolute Gasteiger partial charge is 0.412 e. The van der Waals surface area contributed by atoms with Gasteiger partial charge < -0.3 is 9.64 Å². The Balaban J connectivity index is 2.89. The average molecular weight is 254 g/mol. The lowest BCUT2D eigenvalue weighted by atomic mass is 10.2. The second-order valence-corrected chi connectivity index (χ2v) is 5.18. The van der Waals surface area contributed by atoms with E-state index in [2.05, 4.69) is 5.32 Å². The van der Waals surface area contributed by atoms with E-state index in [1.54, 1.807) is 31.7 Å². The van der Waals surface area contributed by atoms with Crippen LogP contribution in [-0.4, -0.2) is 25.8 Å². The minimum absolute atomic E-state index is 0.384. The first-order chi connectivity index (χ1) is 8.19. The van der Waals surface area contributed by atoms with Crippen molar-refractivity contribution < 1.29 is 13.9 Å². The summed E-state index contributed by atoms with van der Waals surface area (Å²) in [5.41, 5.74) is 0.506. The summed E-state index contributed by atoms with van der Waals surface area (Å²) in [6, 6.07) is 4.21. The summed E-state index contributed by atoms with van der Waals surface area (Å²) in [5.74, 6) is -0.411. The Labute approximate surface area is 107 Å². The van der Waals surface area contributed by atoms with Crippen molar-refractivity contribution in [2.75, 3.05) is 24.3 Å². The summed E-state index contributed by atoms with van der Waals surface area (Å²) in [5, 5.41) is 2.55. The number of rotatable bonds is 2. The van der Waals surface area contributed by atoms with Crippen molar-refractivity contribution in [2.24, 2.45) is 0 Å². The third-order valence-electron chi connectivity index (χ3n) is 2.08. The van der Waals surface area contributed by atoms with E-state index < -0.39 is 17.5 Å². The van der Waals surface area contributed by atoms with Gasteiger partial charge in [-0.15, -0.1) is 0 Å². The molecule has 1 aromatic rings. The van der Waals surface area contributed by atoms with Crippen LogP contribution in [-0.2, 0) is 4.74 Å². The molecule has 0 heterocycles. The lowest BCUT2D eigenvalue weighted by Crippen LogP contribution is -2.27. The fourth-order valence-electron chi connectivity index (χ4n) is 1.41. The van der Waals surface area contributed by atoms with Gasteiger partial charge in [-0.1, -0.05) is 0 Å². The number of carbonyl (C=O) groups excluding carboxylic acids is 1. The highest BCUT2D eigenvalue weighted by Crippen LogP contribution is 2.25. The van der Waals surface area contributed by atoms with E-state index in [0.29, 0.717) is 11.4 Å². The van der Waals surface area contributed by atoms with Gasteiger partial charge >= 0.3 is 6.09 Å². The zero-order chi connectivity index (χ0) is 13.9. The Morgan fingerprint density at radius 1 is 1.33 bits per heavy atom. The highest BCUT2D eigenvalue weighted by Gasteiger charge is 2.17. The minimum Gasteiger partial charge on any atom is -0.444 e. The Morgan fingerprint density at radius 2 is 1.94 bits per heavy atom. The lowest BCUT2D eigenvalue weighted by Gasteiger charge is -2.22. The largest absolute Gasteiger partial charge is 0.444 e. The number of benzene rings is 1. The van der Waals surface area contributed by atoms with Crippen LogP contribution in [0.4, 0.5) is 20.6 Å². The molecule has 100 valence electrons. The van der Waals surface area contributed by atoms with Gasteiger partial charge in [0.2, 0.25) is 0 Å². The number of halogens is 1. The molecule has 0 radical (unpaired) electrons. The summed E-state index contributed by atoms with van der Waals surface area (Å²) in [6.07, 6.45) is -0.601. The SMILES string of the molecule is CN(C)c1ccc(F)cc1NC(=O)OC(C)(C)C. The molecule has 4 nitrogen and oxygen atoms in total. The molecule has 0 saturated carbocycles. The van der Waals surface area contributed by atoms with E-state index in [0.717, 1.165) is 0 Å². The van der Waals surface area contributed by atoms with Crippen molar-refractivity contribution >= 4 is 17.5 Å².